The van der Waals surface area contributed by atoms with Gasteiger partial charge in [0.2, 0.25) is 10.0 Å². The number of rotatable bonds is 5. The molecule has 26 heavy (non-hydrogen) atoms. The van der Waals surface area contributed by atoms with E-state index < -0.39 is 32.5 Å². The predicted molar refractivity (Wildman–Crippen MR) is 93.5 cm³/mol. The molecule has 0 amide bonds. The van der Waals surface area contributed by atoms with Crippen LogP contribution in [0.4, 0.5) is 8.78 Å². The second kappa shape index (κ2) is 7.10. The van der Waals surface area contributed by atoms with E-state index in [0.717, 1.165) is 24.5 Å². The van der Waals surface area contributed by atoms with Crippen LogP contribution in [0.5, 0.6) is 0 Å². The summed E-state index contributed by atoms with van der Waals surface area (Å²) in [6.45, 7) is -0.144. The third-order valence-electron chi connectivity index (χ3n) is 3.64. The van der Waals surface area contributed by atoms with Crippen LogP contribution in [0.25, 0.3) is 10.1 Å². The van der Waals surface area contributed by atoms with E-state index in [2.05, 4.69) is 9.46 Å². The highest BCUT2D eigenvalue weighted by Gasteiger charge is 2.30. The molecule has 0 saturated heterocycles. The number of methoxy groups -OCH3 is 1. The molecule has 0 spiro atoms. The van der Waals surface area contributed by atoms with Crippen LogP contribution >= 0.6 is 11.3 Å². The van der Waals surface area contributed by atoms with Gasteiger partial charge in [-0.05, 0) is 29.8 Å². The molecule has 3 aromatic rings. The fourth-order valence-corrected chi connectivity index (χ4v) is 5.27. The Morgan fingerprint density at radius 1 is 1.15 bits per heavy atom. The summed E-state index contributed by atoms with van der Waals surface area (Å²) in [4.78, 5) is 11.3. The van der Waals surface area contributed by atoms with Crippen LogP contribution in [0.2, 0.25) is 0 Å². The quantitative estimate of drug-likeness (QED) is 0.670. The average Bonchev–Trinajstić information content (AvgIpc) is 3.02. The first-order valence-corrected chi connectivity index (χ1v) is 9.67. The first kappa shape index (κ1) is 18.4. The first-order chi connectivity index (χ1) is 12.3. The van der Waals surface area contributed by atoms with Crippen molar-refractivity contribution in [1.82, 2.24) is 4.72 Å². The van der Waals surface area contributed by atoms with Crippen molar-refractivity contribution >= 4 is 37.4 Å². The van der Waals surface area contributed by atoms with Gasteiger partial charge in [0.25, 0.3) is 0 Å². The molecule has 0 aliphatic rings. The van der Waals surface area contributed by atoms with Gasteiger partial charge in [-0.3, -0.25) is 0 Å². The van der Waals surface area contributed by atoms with Crippen LogP contribution in [-0.4, -0.2) is 21.5 Å². The number of hydrogen-bond acceptors (Lipinski definition) is 5. The highest BCUT2D eigenvalue weighted by atomic mass is 32.2. The molecular weight excluding hydrogens is 384 g/mol. The van der Waals surface area contributed by atoms with Crippen molar-refractivity contribution in [3.63, 3.8) is 0 Å². The molecule has 1 N–H and O–H groups in total. The molecule has 0 aliphatic carbocycles. The second-order valence-corrected chi connectivity index (χ2v) is 8.07. The van der Waals surface area contributed by atoms with Crippen molar-refractivity contribution < 1.29 is 26.7 Å². The molecule has 1 aromatic heterocycles. The minimum atomic E-state index is -4.23. The van der Waals surface area contributed by atoms with Crippen molar-refractivity contribution in [3.05, 3.63) is 64.5 Å². The molecule has 5 nitrogen and oxygen atoms in total. The maximum Gasteiger partial charge on any atom is 0.349 e. The number of nitrogens with one attached hydrogen (secondary N) is 1. The van der Waals surface area contributed by atoms with Crippen LogP contribution in [0, 0.1) is 11.6 Å². The van der Waals surface area contributed by atoms with E-state index >= 15 is 0 Å². The van der Waals surface area contributed by atoms with Gasteiger partial charge in [0.15, 0.2) is 0 Å². The zero-order valence-electron chi connectivity index (χ0n) is 13.5. The molecule has 3 rings (SSSR count). The largest absolute Gasteiger partial charge is 0.465 e. The van der Waals surface area contributed by atoms with E-state index in [9.17, 15) is 22.0 Å². The first-order valence-electron chi connectivity index (χ1n) is 7.37. The monoisotopic (exact) mass is 397 g/mol. The Bertz CT molecular complexity index is 1080. The molecule has 9 heteroatoms. The SMILES string of the molecule is COC(=O)c1sc2cccc(F)c2c1S(=O)(=O)NCc1ccc(F)cc1. The Hall–Kier alpha value is -2.36. The molecule has 2 aromatic carbocycles. The predicted octanol–water partition coefficient (Wildman–Crippen LogP) is 3.44. The van der Waals surface area contributed by atoms with E-state index in [1.54, 1.807) is 0 Å². The van der Waals surface area contributed by atoms with Crippen LogP contribution in [-0.2, 0) is 21.3 Å². The number of halogens is 2. The van der Waals surface area contributed by atoms with E-state index in [1.807, 2.05) is 0 Å². The number of ether oxygens (including phenoxy) is 1. The molecule has 0 bridgehead atoms. The zero-order chi connectivity index (χ0) is 18.9. The lowest BCUT2D eigenvalue weighted by Crippen LogP contribution is -2.25. The van der Waals surface area contributed by atoms with Gasteiger partial charge in [-0.2, -0.15) is 0 Å². The molecule has 0 radical (unpaired) electrons. The Labute approximate surface area is 152 Å². The molecule has 0 unspecified atom stereocenters. The van der Waals surface area contributed by atoms with Gasteiger partial charge in [0.05, 0.1) is 7.11 Å². The third kappa shape index (κ3) is 3.46. The maximum atomic E-state index is 14.3. The highest BCUT2D eigenvalue weighted by Crippen LogP contribution is 2.36. The number of carbonyl (C=O) groups is 1. The molecule has 0 saturated carbocycles. The van der Waals surface area contributed by atoms with Crippen LogP contribution in [0.15, 0.2) is 47.4 Å². The summed E-state index contributed by atoms with van der Waals surface area (Å²) in [5.74, 6) is -2.07. The number of esters is 1. The molecular formula is C17H13F2NO4S2. The summed E-state index contributed by atoms with van der Waals surface area (Å²) in [6.07, 6.45) is 0. The van der Waals surface area contributed by atoms with Crippen molar-refractivity contribution in [1.29, 1.82) is 0 Å². The molecule has 0 fully saturated rings. The number of thiophene rings is 1. The minimum absolute atomic E-state index is 0.144. The molecule has 0 aliphatic heterocycles. The Morgan fingerprint density at radius 3 is 2.50 bits per heavy atom. The summed E-state index contributed by atoms with van der Waals surface area (Å²) in [6, 6.07) is 9.31. The molecule has 0 atom stereocenters. The number of fused-ring (bicyclic) bond motifs is 1. The molecule has 1 heterocycles. The van der Waals surface area contributed by atoms with E-state index in [-0.39, 0.29) is 16.8 Å². The lowest BCUT2D eigenvalue weighted by molar-refractivity contribution is 0.0602. The lowest BCUT2D eigenvalue weighted by Gasteiger charge is -2.08. The minimum Gasteiger partial charge on any atom is -0.465 e. The maximum absolute atomic E-state index is 14.3. The van der Waals surface area contributed by atoms with Crippen molar-refractivity contribution in [2.75, 3.05) is 7.11 Å². The smallest absolute Gasteiger partial charge is 0.349 e. The Morgan fingerprint density at radius 2 is 1.85 bits per heavy atom. The summed E-state index contributed by atoms with van der Waals surface area (Å²) in [5.41, 5.74) is 0.509. The van der Waals surface area contributed by atoms with E-state index in [4.69, 9.17) is 0 Å². The van der Waals surface area contributed by atoms with Crippen molar-refractivity contribution in [2.45, 2.75) is 11.4 Å². The number of benzene rings is 2. The fourth-order valence-electron chi connectivity index (χ4n) is 2.42. The van der Waals surface area contributed by atoms with Crippen molar-refractivity contribution in [3.8, 4) is 0 Å². The molecule has 136 valence electrons. The average molecular weight is 397 g/mol. The number of sulfonamides is 1. The number of hydrogen-bond donors (Lipinski definition) is 1. The third-order valence-corrected chi connectivity index (χ3v) is 6.37. The van der Waals surface area contributed by atoms with Crippen LogP contribution in [0.1, 0.15) is 15.2 Å². The topological polar surface area (TPSA) is 72.5 Å². The van der Waals surface area contributed by atoms with Crippen LogP contribution in [0.3, 0.4) is 0 Å². The number of carbonyl (C=O) groups excluding carboxylic acids is 1. The standard InChI is InChI=1S/C17H13F2NO4S2/c1-24-17(21)15-16(14-12(19)3-2-4-13(14)25-15)26(22,23)20-9-10-5-7-11(18)8-6-10/h2-8,20H,9H2,1H3. The van der Waals surface area contributed by atoms with Gasteiger partial charge in [0.1, 0.15) is 21.4 Å². The highest BCUT2D eigenvalue weighted by molar-refractivity contribution is 7.90. The fraction of sp³-hybridized carbons (Fsp3) is 0.118. The van der Waals surface area contributed by atoms with Gasteiger partial charge in [-0.1, -0.05) is 18.2 Å². The van der Waals surface area contributed by atoms with Crippen molar-refractivity contribution in [2.24, 2.45) is 0 Å². The summed E-state index contributed by atoms with van der Waals surface area (Å²) < 4.78 is 60.1. The van der Waals surface area contributed by atoms with Gasteiger partial charge in [0, 0.05) is 16.6 Å². The second-order valence-electron chi connectivity index (χ2n) is 5.32. The van der Waals surface area contributed by atoms with Gasteiger partial charge in [-0.25, -0.2) is 26.7 Å². The normalized spacial score (nSPS) is 11.7. The van der Waals surface area contributed by atoms with Crippen LogP contribution < -0.4 is 4.72 Å². The summed E-state index contributed by atoms with van der Waals surface area (Å²) in [7, 11) is -3.12. The Kier molecular flexibility index (Phi) is 5.03. The van der Waals surface area contributed by atoms with E-state index in [1.165, 1.54) is 36.4 Å². The summed E-state index contributed by atoms with van der Waals surface area (Å²) in [5, 5.41) is -0.162. The Balaban J connectivity index is 2.06. The van der Waals surface area contributed by atoms with E-state index in [0.29, 0.717) is 10.3 Å². The van der Waals surface area contributed by atoms with Gasteiger partial charge >= 0.3 is 5.97 Å². The lowest BCUT2D eigenvalue weighted by atomic mass is 10.2. The van der Waals surface area contributed by atoms with Gasteiger partial charge in [-0.15, -0.1) is 11.3 Å². The van der Waals surface area contributed by atoms with Gasteiger partial charge < -0.3 is 4.74 Å². The zero-order valence-corrected chi connectivity index (χ0v) is 15.1. The summed E-state index contributed by atoms with van der Waals surface area (Å²) >= 11 is 0.838.